The topological polar surface area (TPSA) is 41.3 Å². The number of rotatable bonds is 5. The van der Waals surface area contributed by atoms with E-state index in [9.17, 15) is 0 Å². The van der Waals surface area contributed by atoms with Gasteiger partial charge in [0, 0.05) is 13.6 Å². The molecule has 0 spiro atoms. The number of furan rings is 1. The molecule has 0 radical (unpaired) electrons. The Labute approximate surface area is 112 Å². The quantitative estimate of drug-likeness (QED) is 0.903. The van der Waals surface area contributed by atoms with Gasteiger partial charge in [-0.25, -0.2) is 4.98 Å². The van der Waals surface area contributed by atoms with Crippen LogP contribution in [0.15, 0.2) is 34.9 Å². The van der Waals surface area contributed by atoms with Crippen LogP contribution in [-0.2, 0) is 13.1 Å². The van der Waals surface area contributed by atoms with Crippen molar-refractivity contribution in [2.75, 3.05) is 19.0 Å². The standard InChI is InChI=1S/C13H16ClN3O/c1-15-8-12-11(14)5-6-13(16-12)17(2)9-10-4-3-7-18-10/h3-7,15H,8-9H2,1-2H3. The summed E-state index contributed by atoms with van der Waals surface area (Å²) in [5.74, 6) is 1.78. The van der Waals surface area contributed by atoms with Gasteiger partial charge in [-0.1, -0.05) is 11.6 Å². The summed E-state index contributed by atoms with van der Waals surface area (Å²) in [6.45, 7) is 1.34. The van der Waals surface area contributed by atoms with Gasteiger partial charge < -0.3 is 14.6 Å². The molecule has 2 rings (SSSR count). The monoisotopic (exact) mass is 265 g/mol. The van der Waals surface area contributed by atoms with E-state index in [0.29, 0.717) is 18.1 Å². The number of anilines is 1. The summed E-state index contributed by atoms with van der Waals surface area (Å²) in [6.07, 6.45) is 1.67. The Morgan fingerprint density at radius 1 is 1.39 bits per heavy atom. The van der Waals surface area contributed by atoms with Crippen molar-refractivity contribution in [3.63, 3.8) is 0 Å². The molecule has 2 aromatic heterocycles. The van der Waals surface area contributed by atoms with E-state index in [2.05, 4.69) is 10.3 Å². The SMILES string of the molecule is CNCc1nc(N(C)Cc2ccco2)ccc1Cl. The summed E-state index contributed by atoms with van der Waals surface area (Å²) in [5, 5.41) is 3.73. The van der Waals surface area contributed by atoms with E-state index in [1.54, 1.807) is 6.26 Å². The van der Waals surface area contributed by atoms with Gasteiger partial charge in [-0.3, -0.25) is 0 Å². The molecule has 0 saturated heterocycles. The molecular formula is C13H16ClN3O. The molecule has 18 heavy (non-hydrogen) atoms. The molecule has 1 N–H and O–H groups in total. The Bertz CT molecular complexity index is 499. The lowest BCUT2D eigenvalue weighted by atomic mass is 10.3. The highest BCUT2D eigenvalue weighted by Gasteiger charge is 2.08. The minimum absolute atomic E-state index is 0.654. The minimum atomic E-state index is 0.654. The molecule has 0 aliphatic heterocycles. The number of nitrogens with zero attached hydrogens (tertiary/aromatic N) is 2. The molecule has 0 aromatic carbocycles. The van der Waals surface area contributed by atoms with E-state index >= 15 is 0 Å². The van der Waals surface area contributed by atoms with Crippen LogP contribution in [0.1, 0.15) is 11.5 Å². The van der Waals surface area contributed by atoms with E-state index in [1.807, 2.05) is 43.3 Å². The van der Waals surface area contributed by atoms with Gasteiger partial charge in [-0.05, 0) is 31.3 Å². The largest absolute Gasteiger partial charge is 0.467 e. The summed E-state index contributed by atoms with van der Waals surface area (Å²) in [5.41, 5.74) is 0.850. The van der Waals surface area contributed by atoms with E-state index < -0.39 is 0 Å². The van der Waals surface area contributed by atoms with Gasteiger partial charge in [0.2, 0.25) is 0 Å². The average Bonchev–Trinajstić information content (AvgIpc) is 2.85. The van der Waals surface area contributed by atoms with Crippen LogP contribution in [0.5, 0.6) is 0 Å². The first kappa shape index (κ1) is 12.9. The van der Waals surface area contributed by atoms with Crippen LogP contribution in [-0.4, -0.2) is 19.1 Å². The molecule has 0 fully saturated rings. The average molecular weight is 266 g/mol. The van der Waals surface area contributed by atoms with Crippen molar-refractivity contribution in [3.8, 4) is 0 Å². The van der Waals surface area contributed by atoms with Crippen LogP contribution < -0.4 is 10.2 Å². The highest BCUT2D eigenvalue weighted by Crippen LogP contribution is 2.19. The van der Waals surface area contributed by atoms with E-state index in [4.69, 9.17) is 16.0 Å². The summed E-state index contributed by atoms with van der Waals surface area (Å²) >= 11 is 6.08. The van der Waals surface area contributed by atoms with Crippen molar-refractivity contribution in [3.05, 3.63) is 47.0 Å². The molecule has 0 saturated carbocycles. The molecule has 0 amide bonds. The second-order valence-electron chi connectivity index (χ2n) is 4.06. The first-order valence-corrected chi connectivity index (χ1v) is 6.12. The fraction of sp³-hybridized carbons (Fsp3) is 0.308. The Morgan fingerprint density at radius 2 is 2.22 bits per heavy atom. The summed E-state index contributed by atoms with van der Waals surface area (Å²) < 4.78 is 5.32. The number of pyridine rings is 1. The Balaban J connectivity index is 2.14. The zero-order valence-electron chi connectivity index (χ0n) is 10.5. The van der Waals surface area contributed by atoms with Gasteiger partial charge >= 0.3 is 0 Å². The van der Waals surface area contributed by atoms with Crippen LogP contribution >= 0.6 is 11.6 Å². The molecule has 0 unspecified atom stereocenters. The second kappa shape index (κ2) is 5.89. The Hall–Kier alpha value is -1.52. The van der Waals surface area contributed by atoms with Crippen molar-refractivity contribution in [1.29, 1.82) is 0 Å². The van der Waals surface area contributed by atoms with Crippen molar-refractivity contribution in [2.24, 2.45) is 0 Å². The third-order valence-corrected chi connectivity index (χ3v) is 2.96. The highest BCUT2D eigenvalue weighted by molar-refractivity contribution is 6.31. The zero-order valence-corrected chi connectivity index (χ0v) is 11.2. The predicted octanol–water partition coefficient (Wildman–Crippen LogP) is 2.68. The van der Waals surface area contributed by atoms with Gasteiger partial charge in [-0.15, -0.1) is 0 Å². The third-order valence-electron chi connectivity index (χ3n) is 2.61. The van der Waals surface area contributed by atoms with Gasteiger partial charge in [0.15, 0.2) is 0 Å². The lowest BCUT2D eigenvalue weighted by Crippen LogP contribution is -2.18. The first-order chi connectivity index (χ1) is 8.70. The number of halogens is 1. The van der Waals surface area contributed by atoms with E-state index in [-0.39, 0.29) is 0 Å². The number of hydrogen-bond donors (Lipinski definition) is 1. The van der Waals surface area contributed by atoms with Gasteiger partial charge in [0.1, 0.15) is 11.6 Å². The van der Waals surface area contributed by atoms with E-state index in [1.165, 1.54) is 0 Å². The number of aromatic nitrogens is 1. The predicted molar refractivity (Wildman–Crippen MR) is 72.8 cm³/mol. The van der Waals surface area contributed by atoms with Crippen molar-refractivity contribution < 1.29 is 4.42 Å². The van der Waals surface area contributed by atoms with Crippen molar-refractivity contribution >= 4 is 17.4 Å². The molecule has 4 nitrogen and oxygen atoms in total. The first-order valence-electron chi connectivity index (χ1n) is 5.74. The molecule has 0 aliphatic carbocycles. The molecule has 2 aromatic rings. The van der Waals surface area contributed by atoms with Crippen LogP contribution in [0, 0.1) is 0 Å². The maximum absolute atomic E-state index is 6.08. The molecule has 0 bridgehead atoms. The van der Waals surface area contributed by atoms with Gasteiger partial charge in [0.05, 0.1) is 23.5 Å². The lowest BCUT2D eigenvalue weighted by molar-refractivity contribution is 0.507. The third kappa shape index (κ3) is 3.03. The Kier molecular flexibility index (Phi) is 4.23. The molecule has 0 atom stereocenters. The molecule has 2 heterocycles. The van der Waals surface area contributed by atoms with Crippen molar-refractivity contribution in [2.45, 2.75) is 13.1 Å². The summed E-state index contributed by atoms with van der Waals surface area (Å²) in [7, 11) is 3.85. The van der Waals surface area contributed by atoms with Crippen LogP contribution in [0.4, 0.5) is 5.82 Å². The second-order valence-corrected chi connectivity index (χ2v) is 4.47. The molecule has 5 heteroatoms. The maximum Gasteiger partial charge on any atom is 0.129 e. The lowest BCUT2D eigenvalue weighted by Gasteiger charge is -2.18. The summed E-state index contributed by atoms with van der Waals surface area (Å²) in [4.78, 5) is 6.55. The fourth-order valence-corrected chi connectivity index (χ4v) is 1.87. The molecule has 0 aliphatic rings. The number of nitrogens with one attached hydrogen (secondary N) is 1. The summed E-state index contributed by atoms with van der Waals surface area (Å²) in [6, 6.07) is 7.60. The maximum atomic E-state index is 6.08. The fourth-order valence-electron chi connectivity index (χ4n) is 1.69. The van der Waals surface area contributed by atoms with Gasteiger partial charge in [0.25, 0.3) is 0 Å². The normalized spacial score (nSPS) is 10.6. The van der Waals surface area contributed by atoms with Crippen LogP contribution in [0.3, 0.4) is 0 Å². The van der Waals surface area contributed by atoms with Gasteiger partial charge in [-0.2, -0.15) is 0 Å². The zero-order chi connectivity index (χ0) is 13.0. The smallest absolute Gasteiger partial charge is 0.129 e. The minimum Gasteiger partial charge on any atom is -0.467 e. The molecule has 96 valence electrons. The van der Waals surface area contributed by atoms with Crippen LogP contribution in [0.2, 0.25) is 5.02 Å². The number of hydrogen-bond acceptors (Lipinski definition) is 4. The molecular weight excluding hydrogens is 250 g/mol. The Morgan fingerprint density at radius 3 is 2.89 bits per heavy atom. The highest BCUT2D eigenvalue weighted by atomic mass is 35.5. The van der Waals surface area contributed by atoms with Crippen molar-refractivity contribution in [1.82, 2.24) is 10.3 Å². The van der Waals surface area contributed by atoms with Crippen LogP contribution in [0.25, 0.3) is 0 Å². The van der Waals surface area contributed by atoms with E-state index in [0.717, 1.165) is 17.3 Å².